The van der Waals surface area contributed by atoms with Crippen molar-refractivity contribution < 1.29 is 23.9 Å². The fourth-order valence-corrected chi connectivity index (χ4v) is 3.10. The minimum atomic E-state index is -0.548. The molecule has 1 N–H and O–H groups in total. The highest BCUT2D eigenvalue weighted by atomic mass is 32.1. The number of aromatic nitrogens is 1. The van der Waals surface area contributed by atoms with E-state index >= 15 is 0 Å². The zero-order chi connectivity index (χ0) is 18.7. The van der Waals surface area contributed by atoms with E-state index in [4.69, 9.17) is 4.74 Å². The van der Waals surface area contributed by atoms with Gasteiger partial charge in [-0.3, -0.25) is 24.6 Å². The number of amides is 3. The maximum atomic E-state index is 12.3. The summed E-state index contributed by atoms with van der Waals surface area (Å²) in [7, 11) is 0. The Morgan fingerprint density at radius 2 is 1.85 bits per heavy atom. The molecule has 2 heterocycles. The van der Waals surface area contributed by atoms with Crippen molar-refractivity contribution in [1.29, 1.82) is 0 Å². The molecule has 26 heavy (non-hydrogen) atoms. The molecule has 9 heteroatoms. The van der Waals surface area contributed by atoms with Crippen molar-refractivity contribution in [3.63, 3.8) is 0 Å². The first-order chi connectivity index (χ1) is 12.5. The number of benzene rings is 1. The Hall–Kier alpha value is -3.07. The Morgan fingerprint density at radius 3 is 2.46 bits per heavy atom. The van der Waals surface area contributed by atoms with Crippen molar-refractivity contribution in [3.05, 3.63) is 40.9 Å². The van der Waals surface area contributed by atoms with Crippen LogP contribution in [0.5, 0.6) is 0 Å². The molecule has 0 saturated carbocycles. The van der Waals surface area contributed by atoms with Gasteiger partial charge < -0.3 is 4.74 Å². The molecule has 2 aromatic rings. The van der Waals surface area contributed by atoms with E-state index in [9.17, 15) is 19.2 Å². The second-order valence-electron chi connectivity index (χ2n) is 5.38. The van der Waals surface area contributed by atoms with Crippen LogP contribution in [0, 0.1) is 0 Å². The number of nitrogens with zero attached hydrogens (tertiary/aromatic N) is 2. The predicted octanol–water partition coefficient (Wildman–Crippen LogP) is 2.23. The van der Waals surface area contributed by atoms with E-state index in [1.807, 2.05) is 0 Å². The number of nitrogens with one attached hydrogen (secondary N) is 1. The topological polar surface area (TPSA) is 106 Å². The van der Waals surface area contributed by atoms with Gasteiger partial charge in [-0.25, -0.2) is 9.78 Å². The van der Waals surface area contributed by atoms with Gasteiger partial charge in [0.25, 0.3) is 5.91 Å². The number of hydrogen-bond donors (Lipinski definition) is 1. The van der Waals surface area contributed by atoms with Gasteiger partial charge in [-0.2, -0.15) is 0 Å². The third-order valence-corrected chi connectivity index (χ3v) is 4.41. The first-order valence-electron chi connectivity index (χ1n) is 7.89. The monoisotopic (exact) mass is 373 g/mol. The molecule has 8 nitrogen and oxygen atoms in total. The maximum absolute atomic E-state index is 12.3. The van der Waals surface area contributed by atoms with Crippen LogP contribution in [0.4, 0.5) is 10.8 Å². The van der Waals surface area contributed by atoms with Crippen LogP contribution in [-0.4, -0.2) is 35.3 Å². The van der Waals surface area contributed by atoms with Crippen LogP contribution in [0.3, 0.4) is 0 Å². The molecule has 0 atom stereocenters. The number of hydrogen-bond acceptors (Lipinski definition) is 7. The number of rotatable bonds is 5. The smallest absolute Gasteiger partial charge is 0.357 e. The summed E-state index contributed by atoms with van der Waals surface area (Å²) in [6, 6.07) is 6.12. The molecular weight excluding hydrogens is 358 g/mol. The van der Waals surface area contributed by atoms with E-state index in [-0.39, 0.29) is 42.1 Å². The molecule has 1 aromatic heterocycles. The van der Waals surface area contributed by atoms with Crippen LogP contribution in [0.25, 0.3) is 0 Å². The molecule has 1 aliphatic heterocycles. The molecule has 3 amide bonds. The largest absolute Gasteiger partial charge is 0.461 e. The fraction of sp³-hybridized carbons (Fsp3) is 0.235. The molecular formula is C17H15N3O5S. The van der Waals surface area contributed by atoms with Crippen molar-refractivity contribution in [1.82, 2.24) is 4.98 Å². The van der Waals surface area contributed by atoms with Gasteiger partial charge in [0.2, 0.25) is 11.8 Å². The predicted molar refractivity (Wildman–Crippen MR) is 94.2 cm³/mol. The van der Waals surface area contributed by atoms with E-state index in [2.05, 4.69) is 10.3 Å². The molecule has 0 spiro atoms. The standard InChI is InChI=1S/C17H15N3O5S/c1-2-25-16(24)12-9-26-17(18-12)19-15(23)10-3-5-11(6-4-10)20-13(21)7-8-14(20)22/h3-6,9H,2,7-8H2,1H3,(H,18,19,23). The minimum absolute atomic E-state index is 0.133. The molecule has 1 fully saturated rings. The van der Waals surface area contributed by atoms with Crippen molar-refractivity contribution in [2.45, 2.75) is 19.8 Å². The third-order valence-electron chi connectivity index (χ3n) is 3.65. The Balaban J connectivity index is 1.68. The first kappa shape index (κ1) is 17.7. The lowest BCUT2D eigenvalue weighted by Gasteiger charge is -2.13. The van der Waals surface area contributed by atoms with Gasteiger partial charge in [-0.15, -0.1) is 11.3 Å². The second kappa shape index (κ2) is 7.44. The average molecular weight is 373 g/mol. The van der Waals surface area contributed by atoms with Gasteiger partial charge in [0.15, 0.2) is 10.8 Å². The number of imide groups is 1. The number of ether oxygens (including phenoxy) is 1. The summed E-state index contributed by atoms with van der Waals surface area (Å²) in [5.74, 6) is -1.46. The summed E-state index contributed by atoms with van der Waals surface area (Å²) in [6.45, 7) is 1.94. The minimum Gasteiger partial charge on any atom is -0.461 e. The quantitative estimate of drug-likeness (QED) is 0.636. The highest BCUT2D eigenvalue weighted by Crippen LogP contribution is 2.23. The van der Waals surface area contributed by atoms with Crippen LogP contribution in [0.1, 0.15) is 40.6 Å². The molecule has 1 aliphatic rings. The molecule has 0 unspecified atom stereocenters. The second-order valence-corrected chi connectivity index (χ2v) is 6.24. The lowest BCUT2D eigenvalue weighted by Crippen LogP contribution is -2.28. The zero-order valence-electron chi connectivity index (χ0n) is 13.9. The number of thiazole rings is 1. The number of anilines is 2. The average Bonchev–Trinajstić information content (AvgIpc) is 3.22. The Kier molecular flexibility index (Phi) is 5.08. The third kappa shape index (κ3) is 3.62. The summed E-state index contributed by atoms with van der Waals surface area (Å²) in [6.07, 6.45) is 0.405. The summed E-state index contributed by atoms with van der Waals surface area (Å²) < 4.78 is 4.84. The highest BCUT2D eigenvalue weighted by Gasteiger charge is 2.30. The van der Waals surface area contributed by atoms with E-state index in [0.29, 0.717) is 11.3 Å². The summed E-state index contributed by atoms with van der Waals surface area (Å²) >= 11 is 1.11. The van der Waals surface area contributed by atoms with Gasteiger partial charge in [-0.1, -0.05) is 0 Å². The van der Waals surface area contributed by atoms with Crippen molar-refractivity contribution >= 4 is 45.8 Å². The Bertz CT molecular complexity index is 859. The highest BCUT2D eigenvalue weighted by molar-refractivity contribution is 7.14. The first-order valence-corrected chi connectivity index (χ1v) is 8.77. The molecule has 0 radical (unpaired) electrons. The SMILES string of the molecule is CCOC(=O)c1csc(NC(=O)c2ccc(N3C(=O)CCC3=O)cc2)n1. The molecule has 0 bridgehead atoms. The van der Waals surface area contributed by atoms with Gasteiger partial charge in [0, 0.05) is 23.8 Å². The lowest BCUT2D eigenvalue weighted by atomic mass is 10.2. The number of carbonyl (C=O) groups excluding carboxylic acids is 4. The van der Waals surface area contributed by atoms with Gasteiger partial charge >= 0.3 is 5.97 Å². The Morgan fingerprint density at radius 1 is 1.19 bits per heavy atom. The van der Waals surface area contributed by atoms with Crippen molar-refractivity contribution in [3.8, 4) is 0 Å². The van der Waals surface area contributed by atoms with Crippen LogP contribution >= 0.6 is 11.3 Å². The number of esters is 1. The summed E-state index contributed by atoms with van der Waals surface area (Å²) in [4.78, 5) is 52.4. The fourth-order valence-electron chi connectivity index (χ4n) is 2.43. The van der Waals surface area contributed by atoms with E-state index in [1.165, 1.54) is 17.5 Å². The van der Waals surface area contributed by atoms with Crippen molar-refractivity contribution in [2.75, 3.05) is 16.8 Å². The molecule has 134 valence electrons. The normalized spacial score (nSPS) is 13.8. The summed E-state index contributed by atoms with van der Waals surface area (Å²) in [5.41, 5.74) is 0.905. The zero-order valence-corrected chi connectivity index (χ0v) is 14.7. The molecule has 1 saturated heterocycles. The Labute approximate surface area is 152 Å². The van der Waals surface area contributed by atoms with E-state index in [0.717, 1.165) is 16.2 Å². The lowest BCUT2D eigenvalue weighted by molar-refractivity contribution is -0.121. The summed E-state index contributed by atoms with van der Waals surface area (Å²) in [5, 5.41) is 4.37. The molecule has 3 rings (SSSR count). The van der Waals surface area contributed by atoms with Gasteiger partial charge in [-0.05, 0) is 31.2 Å². The number of carbonyl (C=O) groups is 4. The van der Waals surface area contributed by atoms with Crippen LogP contribution in [0.2, 0.25) is 0 Å². The van der Waals surface area contributed by atoms with E-state index < -0.39 is 11.9 Å². The molecule has 0 aliphatic carbocycles. The van der Waals surface area contributed by atoms with Crippen molar-refractivity contribution in [2.24, 2.45) is 0 Å². The van der Waals surface area contributed by atoms with Crippen LogP contribution in [-0.2, 0) is 14.3 Å². The van der Waals surface area contributed by atoms with Crippen LogP contribution < -0.4 is 10.2 Å². The molecule has 1 aromatic carbocycles. The van der Waals surface area contributed by atoms with Crippen LogP contribution in [0.15, 0.2) is 29.6 Å². The van der Waals surface area contributed by atoms with Gasteiger partial charge in [0.05, 0.1) is 12.3 Å². The van der Waals surface area contributed by atoms with Gasteiger partial charge in [0.1, 0.15) is 0 Å². The van der Waals surface area contributed by atoms with E-state index in [1.54, 1.807) is 19.1 Å². The maximum Gasteiger partial charge on any atom is 0.357 e.